The first-order valence-electron chi connectivity index (χ1n) is 5.78. The molecule has 0 aliphatic carbocycles. The van der Waals surface area contributed by atoms with Crippen LogP contribution >= 0.6 is 0 Å². The number of nitrogens with one attached hydrogen (secondary N) is 1. The van der Waals surface area contributed by atoms with Gasteiger partial charge in [-0.15, -0.1) is 0 Å². The van der Waals surface area contributed by atoms with Crippen LogP contribution in [0.15, 0.2) is 42.7 Å². The second-order valence-electron chi connectivity index (χ2n) is 4.33. The van der Waals surface area contributed by atoms with Crippen molar-refractivity contribution in [1.82, 2.24) is 4.98 Å². The Balaban J connectivity index is 1.89. The van der Waals surface area contributed by atoms with E-state index >= 15 is 0 Å². The summed E-state index contributed by atoms with van der Waals surface area (Å²) in [6, 6.07) is 9.96. The highest BCUT2D eigenvalue weighted by Crippen LogP contribution is 2.32. The summed E-state index contributed by atoms with van der Waals surface area (Å²) in [7, 11) is 0. The molecule has 0 fully saturated rings. The summed E-state index contributed by atoms with van der Waals surface area (Å²) < 4.78 is 13.1. The van der Waals surface area contributed by atoms with Gasteiger partial charge in [0.25, 0.3) is 0 Å². The van der Waals surface area contributed by atoms with Gasteiger partial charge < -0.3 is 5.32 Å². The smallest absolute Gasteiger partial charge is 0.141 e. The van der Waals surface area contributed by atoms with E-state index in [1.165, 1.54) is 11.8 Å². The summed E-state index contributed by atoms with van der Waals surface area (Å²) in [5, 5.41) is 3.43. The number of aromatic nitrogens is 1. The molecule has 3 heteroatoms. The molecule has 17 heavy (non-hydrogen) atoms. The van der Waals surface area contributed by atoms with Crippen LogP contribution in [0.4, 0.5) is 10.1 Å². The van der Waals surface area contributed by atoms with Crippen LogP contribution in [0.1, 0.15) is 23.6 Å². The van der Waals surface area contributed by atoms with Gasteiger partial charge >= 0.3 is 0 Å². The minimum Gasteiger partial charge on any atom is -0.378 e. The van der Waals surface area contributed by atoms with Gasteiger partial charge in [-0.1, -0.05) is 18.2 Å². The molecule has 1 aromatic carbocycles. The van der Waals surface area contributed by atoms with Gasteiger partial charge in [0, 0.05) is 11.9 Å². The summed E-state index contributed by atoms with van der Waals surface area (Å²) in [4.78, 5) is 3.90. The number of pyridine rings is 1. The third-order valence-electron chi connectivity index (χ3n) is 3.18. The average Bonchev–Trinajstić information content (AvgIpc) is 2.38. The minimum absolute atomic E-state index is 0.160. The minimum atomic E-state index is -0.275. The van der Waals surface area contributed by atoms with Crippen LogP contribution in [0.25, 0.3) is 0 Å². The zero-order valence-electron chi connectivity index (χ0n) is 9.36. The standard InChI is InChI=1S/C14H13FN2/c15-12-7-11(8-16-9-12)14-6-5-10-3-1-2-4-13(10)17-14/h1-4,7-9,14,17H,5-6H2. The summed E-state index contributed by atoms with van der Waals surface area (Å²) in [6.45, 7) is 0. The summed E-state index contributed by atoms with van der Waals surface area (Å²) in [6.07, 6.45) is 4.96. The maximum Gasteiger partial charge on any atom is 0.141 e. The molecule has 1 unspecified atom stereocenters. The Labute approximate surface area is 99.5 Å². The molecule has 86 valence electrons. The number of halogens is 1. The normalized spacial score (nSPS) is 18.3. The van der Waals surface area contributed by atoms with Crippen molar-refractivity contribution < 1.29 is 4.39 Å². The summed E-state index contributed by atoms with van der Waals surface area (Å²) in [5.41, 5.74) is 3.39. The Kier molecular flexibility index (Phi) is 2.52. The van der Waals surface area contributed by atoms with Gasteiger partial charge in [-0.25, -0.2) is 4.39 Å². The van der Waals surface area contributed by atoms with E-state index in [1.54, 1.807) is 12.3 Å². The van der Waals surface area contributed by atoms with Crippen LogP contribution < -0.4 is 5.32 Å². The second-order valence-corrected chi connectivity index (χ2v) is 4.33. The fraction of sp³-hybridized carbons (Fsp3) is 0.214. The predicted octanol–water partition coefficient (Wildman–Crippen LogP) is 3.32. The van der Waals surface area contributed by atoms with E-state index in [1.807, 2.05) is 12.1 Å². The SMILES string of the molecule is Fc1cncc(C2CCc3ccccc3N2)c1. The molecule has 0 saturated carbocycles. The molecule has 0 bridgehead atoms. The molecule has 0 amide bonds. The number of hydrogen-bond acceptors (Lipinski definition) is 2. The van der Waals surface area contributed by atoms with Gasteiger partial charge in [-0.3, -0.25) is 4.98 Å². The second kappa shape index (κ2) is 4.17. The molecule has 1 aliphatic rings. The van der Waals surface area contributed by atoms with Crippen molar-refractivity contribution >= 4 is 5.69 Å². The third kappa shape index (κ3) is 2.00. The van der Waals surface area contributed by atoms with E-state index in [-0.39, 0.29) is 11.9 Å². The molecule has 0 spiro atoms. The third-order valence-corrected chi connectivity index (χ3v) is 3.18. The van der Waals surface area contributed by atoms with Crippen molar-refractivity contribution in [2.45, 2.75) is 18.9 Å². The topological polar surface area (TPSA) is 24.9 Å². The molecular formula is C14H13FN2. The lowest BCUT2D eigenvalue weighted by molar-refractivity contribution is 0.606. The number of aryl methyl sites for hydroxylation is 1. The quantitative estimate of drug-likeness (QED) is 0.809. The number of benzene rings is 1. The molecule has 2 heterocycles. The molecule has 1 N–H and O–H groups in total. The maximum atomic E-state index is 13.1. The summed E-state index contributed by atoms with van der Waals surface area (Å²) in [5.74, 6) is -0.275. The largest absolute Gasteiger partial charge is 0.378 e. The first-order chi connectivity index (χ1) is 8.33. The molecule has 3 rings (SSSR count). The van der Waals surface area contributed by atoms with Crippen molar-refractivity contribution in [3.63, 3.8) is 0 Å². The number of para-hydroxylation sites is 1. The van der Waals surface area contributed by atoms with E-state index in [0.717, 1.165) is 24.1 Å². The van der Waals surface area contributed by atoms with E-state index < -0.39 is 0 Å². The number of fused-ring (bicyclic) bond motifs is 1. The van der Waals surface area contributed by atoms with Crippen LogP contribution in [-0.2, 0) is 6.42 Å². The van der Waals surface area contributed by atoms with Crippen molar-refractivity contribution in [1.29, 1.82) is 0 Å². The molecule has 2 aromatic rings. The van der Waals surface area contributed by atoms with E-state index in [9.17, 15) is 4.39 Å². The lowest BCUT2D eigenvalue weighted by atomic mass is 9.94. The van der Waals surface area contributed by atoms with Gasteiger partial charge in [0.1, 0.15) is 5.82 Å². The Morgan fingerprint density at radius 3 is 3.00 bits per heavy atom. The van der Waals surface area contributed by atoms with Gasteiger partial charge in [-0.05, 0) is 36.1 Å². The van der Waals surface area contributed by atoms with Crippen LogP contribution in [0.5, 0.6) is 0 Å². The molecule has 1 atom stereocenters. The predicted molar refractivity (Wildman–Crippen MR) is 65.3 cm³/mol. The Bertz CT molecular complexity index is 539. The van der Waals surface area contributed by atoms with Gasteiger partial charge in [0.2, 0.25) is 0 Å². The zero-order chi connectivity index (χ0) is 11.7. The number of anilines is 1. The first-order valence-corrected chi connectivity index (χ1v) is 5.78. The first kappa shape index (κ1) is 10.3. The van der Waals surface area contributed by atoms with Crippen molar-refractivity contribution in [2.24, 2.45) is 0 Å². The lowest BCUT2D eigenvalue weighted by Gasteiger charge is -2.27. The van der Waals surface area contributed by atoms with Gasteiger partial charge in [-0.2, -0.15) is 0 Å². The number of hydrogen-bond donors (Lipinski definition) is 1. The molecule has 1 aromatic heterocycles. The van der Waals surface area contributed by atoms with Crippen LogP contribution in [-0.4, -0.2) is 4.98 Å². The van der Waals surface area contributed by atoms with Crippen molar-refractivity contribution in [3.05, 3.63) is 59.7 Å². The Morgan fingerprint density at radius 2 is 2.12 bits per heavy atom. The number of rotatable bonds is 1. The Morgan fingerprint density at radius 1 is 1.24 bits per heavy atom. The average molecular weight is 228 g/mol. The van der Waals surface area contributed by atoms with Crippen LogP contribution in [0, 0.1) is 5.82 Å². The molecule has 0 radical (unpaired) electrons. The van der Waals surface area contributed by atoms with E-state index in [0.29, 0.717) is 0 Å². The highest BCUT2D eigenvalue weighted by molar-refractivity contribution is 5.54. The molecule has 0 saturated heterocycles. The van der Waals surface area contributed by atoms with Crippen molar-refractivity contribution in [2.75, 3.05) is 5.32 Å². The fourth-order valence-electron chi connectivity index (χ4n) is 2.31. The fourth-order valence-corrected chi connectivity index (χ4v) is 2.31. The highest BCUT2D eigenvalue weighted by Gasteiger charge is 2.19. The molecule has 1 aliphatic heterocycles. The molecular weight excluding hydrogens is 215 g/mol. The zero-order valence-corrected chi connectivity index (χ0v) is 9.36. The monoisotopic (exact) mass is 228 g/mol. The van der Waals surface area contributed by atoms with E-state index in [4.69, 9.17) is 0 Å². The van der Waals surface area contributed by atoms with Gasteiger partial charge in [0.15, 0.2) is 0 Å². The highest BCUT2D eigenvalue weighted by atomic mass is 19.1. The molecule has 2 nitrogen and oxygen atoms in total. The maximum absolute atomic E-state index is 13.1. The Hall–Kier alpha value is -1.90. The van der Waals surface area contributed by atoms with E-state index in [2.05, 4.69) is 22.4 Å². The van der Waals surface area contributed by atoms with Crippen LogP contribution in [0.3, 0.4) is 0 Å². The van der Waals surface area contributed by atoms with Crippen LogP contribution in [0.2, 0.25) is 0 Å². The number of nitrogens with zero attached hydrogens (tertiary/aromatic N) is 1. The van der Waals surface area contributed by atoms with Gasteiger partial charge in [0.05, 0.1) is 12.2 Å². The lowest BCUT2D eigenvalue weighted by Crippen LogP contribution is -2.18. The summed E-state index contributed by atoms with van der Waals surface area (Å²) >= 11 is 0. The van der Waals surface area contributed by atoms with Crippen molar-refractivity contribution in [3.8, 4) is 0 Å².